The molecule has 1 saturated heterocycles. The molecule has 0 saturated carbocycles. The van der Waals surface area contributed by atoms with Gasteiger partial charge in [-0.25, -0.2) is 4.39 Å². The number of hydrogen-bond acceptors (Lipinski definition) is 3. The molecule has 0 aromatic heterocycles. The van der Waals surface area contributed by atoms with Gasteiger partial charge in [0.15, 0.2) is 0 Å². The van der Waals surface area contributed by atoms with Crippen molar-refractivity contribution in [3.63, 3.8) is 0 Å². The third-order valence-corrected chi connectivity index (χ3v) is 6.53. The predicted octanol–water partition coefficient (Wildman–Crippen LogP) is 4.38. The first-order valence-corrected chi connectivity index (χ1v) is 11.6. The zero-order chi connectivity index (χ0) is 23.2. The smallest absolute Gasteiger partial charge is 0.241 e. The highest BCUT2D eigenvalue weighted by atomic mass is 19.1. The van der Waals surface area contributed by atoms with E-state index < -0.39 is 0 Å². The number of likely N-dealkylation sites (tertiary alicyclic amines) is 1. The van der Waals surface area contributed by atoms with Gasteiger partial charge in [0.1, 0.15) is 5.82 Å². The van der Waals surface area contributed by atoms with Crippen LogP contribution in [0.1, 0.15) is 25.3 Å². The molecule has 0 radical (unpaired) electrons. The number of hydrogen-bond donors (Lipinski definition) is 2. The van der Waals surface area contributed by atoms with E-state index in [9.17, 15) is 14.0 Å². The van der Waals surface area contributed by atoms with Crippen molar-refractivity contribution >= 4 is 28.3 Å². The number of rotatable bonds is 7. The fraction of sp³-hybridized carbons (Fsp3) is 0.333. The number of fused-ring (bicyclic) bond motifs is 1. The lowest BCUT2D eigenvalue weighted by Crippen LogP contribution is -2.48. The van der Waals surface area contributed by atoms with Crippen LogP contribution < -0.4 is 10.6 Å². The van der Waals surface area contributed by atoms with E-state index in [1.54, 1.807) is 18.2 Å². The van der Waals surface area contributed by atoms with E-state index in [0.717, 1.165) is 16.5 Å². The van der Waals surface area contributed by atoms with E-state index in [2.05, 4.69) is 15.5 Å². The highest BCUT2D eigenvalue weighted by Gasteiger charge is 2.29. The minimum atomic E-state index is -0.283. The van der Waals surface area contributed by atoms with Gasteiger partial charge >= 0.3 is 0 Å². The summed E-state index contributed by atoms with van der Waals surface area (Å²) in [6.45, 7) is 3.71. The van der Waals surface area contributed by atoms with Crippen LogP contribution in [0.2, 0.25) is 0 Å². The van der Waals surface area contributed by atoms with Gasteiger partial charge in [0.05, 0.1) is 6.04 Å². The second-order valence-corrected chi connectivity index (χ2v) is 8.63. The Balaban J connectivity index is 1.25. The molecule has 4 rings (SSSR count). The third-order valence-electron chi connectivity index (χ3n) is 6.53. The Morgan fingerprint density at radius 2 is 1.70 bits per heavy atom. The summed E-state index contributed by atoms with van der Waals surface area (Å²) in [4.78, 5) is 27.6. The summed E-state index contributed by atoms with van der Waals surface area (Å²) in [5.41, 5.74) is 1.42. The summed E-state index contributed by atoms with van der Waals surface area (Å²) in [5, 5.41) is 8.12. The van der Waals surface area contributed by atoms with Crippen LogP contribution in [-0.2, 0) is 16.0 Å². The second-order valence-electron chi connectivity index (χ2n) is 8.63. The molecular weight excluding hydrogens is 417 g/mol. The van der Waals surface area contributed by atoms with Crippen LogP contribution in [0.5, 0.6) is 0 Å². The van der Waals surface area contributed by atoms with Crippen molar-refractivity contribution in [3.8, 4) is 0 Å². The second kappa shape index (κ2) is 10.6. The molecule has 3 aromatic rings. The van der Waals surface area contributed by atoms with Gasteiger partial charge in [0.25, 0.3) is 0 Å². The first-order valence-electron chi connectivity index (χ1n) is 11.6. The molecule has 172 valence electrons. The van der Waals surface area contributed by atoms with Crippen LogP contribution in [0, 0.1) is 11.7 Å². The maximum absolute atomic E-state index is 13.7. The Morgan fingerprint density at radius 3 is 2.48 bits per heavy atom. The van der Waals surface area contributed by atoms with Crippen LogP contribution >= 0.6 is 0 Å². The van der Waals surface area contributed by atoms with Gasteiger partial charge in [-0.1, -0.05) is 54.6 Å². The summed E-state index contributed by atoms with van der Waals surface area (Å²) < 4.78 is 13.7. The summed E-state index contributed by atoms with van der Waals surface area (Å²) in [6, 6.07) is 20.2. The normalized spacial score (nSPS) is 15.8. The van der Waals surface area contributed by atoms with Crippen LogP contribution in [-0.4, -0.2) is 42.4 Å². The van der Waals surface area contributed by atoms with E-state index in [1.165, 1.54) is 6.07 Å². The Morgan fingerprint density at radius 1 is 1.00 bits per heavy atom. The number of amides is 2. The molecule has 1 aliphatic rings. The predicted molar refractivity (Wildman–Crippen MR) is 129 cm³/mol. The quantitative estimate of drug-likeness (QED) is 0.565. The molecule has 0 bridgehead atoms. The monoisotopic (exact) mass is 447 g/mol. The lowest BCUT2D eigenvalue weighted by molar-refractivity contribution is -0.127. The van der Waals surface area contributed by atoms with Crippen LogP contribution in [0.15, 0.2) is 66.7 Å². The Labute approximate surface area is 194 Å². The number of anilines is 1. The molecule has 33 heavy (non-hydrogen) atoms. The average Bonchev–Trinajstić information content (AvgIpc) is 2.85. The van der Waals surface area contributed by atoms with Gasteiger partial charge in [-0.15, -0.1) is 0 Å². The highest BCUT2D eigenvalue weighted by molar-refractivity contribution is 6.03. The standard InChI is InChI=1S/C27H30FN3O2/c1-19(26(32)30-25-12-6-9-20-7-2-4-10-23(20)25)31-17-14-22(15-18-31)27(33)29-16-13-21-8-3-5-11-24(21)28/h2-12,19,22H,13-18H2,1H3,(H,29,33)(H,30,32). The van der Waals surface area contributed by atoms with Crippen molar-refractivity contribution in [2.45, 2.75) is 32.2 Å². The average molecular weight is 448 g/mol. The Bertz CT molecular complexity index is 1120. The Kier molecular flexibility index (Phi) is 7.35. The summed E-state index contributed by atoms with van der Waals surface area (Å²) in [7, 11) is 0. The van der Waals surface area contributed by atoms with Crippen LogP contribution in [0.25, 0.3) is 10.8 Å². The first-order chi connectivity index (χ1) is 16.0. The van der Waals surface area contributed by atoms with E-state index in [0.29, 0.717) is 44.5 Å². The zero-order valence-electron chi connectivity index (χ0n) is 18.9. The van der Waals surface area contributed by atoms with Gasteiger partial charge in [-0.3, -0.25) is 14.5 Å². The molecule has 1 fully saturated rings. The largest absolute Gasteiger partial charge is 0.356 e. The number of carbonyl (C=O) groups excluding carboxylic acids is 2. The molecule has 1 aliphatic heterocycles. The minimum Gasteiger partial charge on any atom is -0.356 e. The molecule has 0 spiro atoms. The fourth-order valence-electron chi connectivity index (χ4n) is 4.45. The number of piperidine rings is 1. The molecule has 3 aromatic carbocycles. The topological polar surface area (TPSA) is 61.4 Å². The van der Waals surface area contributed by atoms with Gasteiger partial charge < -0.3 is 10.6 Å². The number of halogens is 1. The van der Waals surface area contributed by atoms with E-state index >= 15 is 0 Å². The zero-order valence-corrected chi connectivity index (χ0v) is 18.9. The molecule has 1 unspecified atom stereocenters. The first kappa shape index (κ1) is 22.9. The van der Waals surface area contributed by atoms with Gasteiger partial charge in [-0.05, 0) is 62.4 Å². The van der Waals surface area contributed by atoms with Gasteiger partial charge in [0, 0.05) is 23.5 Å². The van der Waals surface area contributed by atoms with Crippen molar-refractivity contribution in [2.75, 3.05) is 25.0 Å². The van der Waals surface area contributed by atoms with Crippen molar-refractivity contribution in [1.29, 1.82) is 0 Å². The molecule has 6 heteroatoms. The van der Waals surface area contributed by atoms with E-state index in [-0.39, 0.29) is 29.6 Å². The van der Waals surface area contributed by atoms with Crippen molar-refractivity contribution in [2.24, 2.45) is 5.92 Å². The lowest BCUT2D eigenvalue weighted by atomic mass is 9.94. The molecule has 2 N–H and O–H groups in total. The number of nitrogens with zero attached hydrogens (tertiary/aromatic N) is 1. The Hall–Kier alpha value is -3.25. The molecule has 2 amide bonds. The highest BCUT2D eigenvalue weighted by Crippen LogP contribution is 2.24. The van der Waals surface area contributed by atoms with Gasteiger partial charge in [0.2, 0.25) is 11.8 Å². The van der Waals surface area contributed by atoms with Crippen LogP contribution in [0.3, 0.4) is 0 Å². The molecule has 1 heterocycles. The maximum Gasteiger partial charge on any atom is 0.241 e. The molecular formula is C27H30FN3O2. The summed E-state index contributed by atoms with van der Waals surface area (Å²) in [6.07, 6.45) is 1.89. The molecule has 0 aliphatic carbocycles. The molecule has 5 nitrogen and oxygen atoms in total. The number of carbonyl (C=O) groups is 2. The maximum atomic E-state index is 13.7. The van der Waals surface area contributed by atoms with Crippen molar-refractivity contribution in [1.82, 2.24) is 10.2 Å². The van der Waals surface area contributed by atoms with Crippen LogP contribution in [0.4, 0.5) is 10.1 Å². The van der Waals surface area contributed by atoms with Crippen molar-refractivity contribution < 1.29 is 14.0 Å². The minimum absolute atomic E-state index is 0.0128. The SMILES string of the molecule is CC(C(=O)Nc1cccc2ccccc12)N1CCC(C(=O)NCCc2ccccc2F)CC1. The summed E-state index contributed by atoms with van der Waals surface area (Å²) >= 11 is 0. The molecule has 1 atom stereocenters. The van der Waals surface area contributed by atoms with Gasteiger partial charge in [-0.2, -0.15) is 0 Å². The van der Waals surface area contributed by atoms with E-state index in [1.807, 2.05) is 49.4 Å². The third kappa shape index (κ3) is 5.57. The number of nitrogens with one attached hydrogen (secondary N) is 2. The van der Waals surface area contributed by atoms with E-state index in [4.69, 9.17) is 0 Å². The number of benzene rings is 3. The fourth-order valence-corrected chi connectivity index (χ4v) is 4.45. The summed E-state index contributed by atoms with van der Waals surface area (Å²) in [5.74, 6) is -0.344. The van der Waals surface area contributed by atoms with Crippen molar-refractivity contribution in [3.05, 3.63) is 78.1 Å². The lowest BCUT2D eigenvalue weighted by Gasteiger charge is -2.34.